The van der Waals surface area contributed by atoms with Gasteiger partial charge in [0.25, 0.3) is 11.8 Å². The van der Waals surface area contributed by atoms with Gasteiger partial charge in [0, 0.05) is 24.0 Å². The fraction of sp³-hybridized carbons (Fsp3) is 0.0909. The first kappa shape index (κ1) is 18.8. The minimum Gasteiger partial charge on any atom is -0.347 e. The molecule has 2 aromatic carbocycles. The number of carbonyl (C=O) groups is 2. The Morgan fingerprint density at radius 2 is 1.86 bits per heavy atom. The number of nitriles is 1. The number of hydrogen-bond donors (Lipinski definition) is 2. The van der Waals surface area contributed by atoms with Crippen LogP contribution in [0.4, 0.5) is 5.69 Å². The summed E-state index contributed by atoms with van der Waals surface area (Å²) in [5.41, 5.74) is 3.52. The van der Waals surface area contributed by atoms with E-state index in [2.05, 4.69) is 15.6 Å². The lowest BCUT2D eigenvalue weighted by Gasteiger charge is -2.09. The molecule has 2 N–H and O–H groups in total. The maximum atomic E-state index is 12.5. The van der Waals surface area contributed by atoms with E-state index in [0.717, 1.165) is 11.1 Å². The van der Waals surface area contributed by atoms with Crippen LogP contribution in [0.15, 0.2) is 66.9 Å². The zero-order valence-corrected chi connectivity index (χ0v) is 15.3. The molecule has 0 unspecified atom stereocenters. The standard InChI is InChI=1S/C22H18N4O2/c1-15-5-2-3-7-18(15)14-25-22(28)20-12-17(9-10-24-20)21(27)26-19-8-4-6-16(11-19)13-23/h2-12H,14H2,1H3,(H,25,28)(H,26,27). The van der Waals surface area contributed by atoms with E-state index in [4.69, 9.17) is 5.26 Å². The summed E-state index contributed by atoms with van der Waals surface area (Å²) in [6.45, 7) is 2.36. The van der Waals surface area contributed by atoms with Gasteiger partial charge in [-0.2, -0.15) is 5.26 Å². The third-order valence-corrected chi connectivity index (χ3v) is 4.20. The topological polar surface area (TPSA) is 94.9 Å². The average Bonchev–Trinajstić information content (AvgIpc) is 2.73. The number of carbonyl (C=O) groups excluding carboxylic acids is 2. The van der Waals surface area contributed by atoms with E-state index in [1.54, 1.807) is 24.3 Å². The molecule has 0 aliphatic carbocycles. The monoisotopic (exact) mass is 370 g/mol. The van der Waals surface area contributed by atoms with Gasteiger partial charge in [-0.15, -0.1) is 0 Å². The van der Waals surface area contributed by atoms with Gasteiger partial charge >= 0.3 is 0 Å². The van der Waals surface area contributed by atoms with Crippen LogP contribution in [-0.4, -0.2) is 16.8 Å². The lowest BCUT2D eigenvalue weighted by Crippen LogP contribution is -2.24. The smallest absolute Gasteiger partial charge is 0.270 e. The highest BCUT2D eigenvalue weighted by molar-refractivity contribution is 6.05. The highest BCUT2D eigenvalue weighted by Gasteiger charge is 2.12. The highest BCUT2D eigenvalue weighted by atomic mass is 16.2. The van der Waals surface area contributed by atoms with Crippen molar-refractivity contribution >= 4 is 17.5 Å². The molecular weight excluding hydrogens is 352 g/mol. The number of amides is 2. The van der Waals surface area contributed by atoms with Crippen molar-refractivity contribution in [3.63, 3.8) is 0 Å². The van der Waals surface area contributed by atoms with E-state index in [1.807, 2.05) is 37.3 Å². The van der Waals surface area contributed by atoms with Crippen LogP contribution in [-0.2, 0) is 6.54 Å². The molecule has 0 saturated carbocycles. The molecule has 3 rings (SSSR count). The number of pyridine rings is 1. The van der Waals surface area contributed by atoms with Gasteiger partial charge in [0.05, 0.1) is 11.6 Å². The van der Waals surface area contributed by atoms with E-state index in [-0.39, 0.29) is 17.5 Å². The second-order valence-corrected chi connectivity index (χ2v) is 6.19. The van der Waals surface area contributed by atoms with Crippen molar-refractivity contribution in [3.8, 4) is 6.07 Å². The molecule has 0 saturated heterocycles. The summed E-state index contributed by atoms with van der Waals surface area (Å²) in [4.78, 5) is 28.9. The van der Waals surface area contributed by atoms with Gasteiger partial charge in [0.2, 0.25) is 0 Å². The van der Waals surface area contributed by atoms with Crippen molar-refractivity contribution in [1.82, 2.24) is 10.3 Å². The molecule has 0 aliphatic heterocycles. The van der Waals surface area contributed by atoms with E-state index < -0.39 is 0 Å². The molecular formula is C22H18N4O2. The summed E-state index contributed by atoms with van der Waals surface area (Å²) in [5.74, 6) is -0.741. The summed E-state index contributed by atoms with van der Waals surface area (Å²) < 4.78 is 0. The van der Waals surface area contributed by atoms with Gasteiger partial charge in [-0.3, -0.25) is 14.6 Å². The second-order valence-electron chi connectivity index (χ2n) is 6.19. The Bertz CT molecular complexity index is 1070. The molecule has 0 aliphatic rings. The number of aryl methyl sites for hydroxylation is 1. The van der Waals surface area contributed by atoms with Crippen LogP contribution in [0.3, 0.4) is 0 Å². The fourth-order valence-corrected chi connectivity index (χ4v) is 2.64. The second kappa shape index (κ2) is 8.60. The Balaban J connectivity index is 1.69. The zero-order valence-electron chi connectivity index (χ0n) is 15.3. The van der Waals surface area contributed by atoms with E-state index in [0.29, 0.717) is 23.4 Å². The Kier molecular flexibility index (Phi) is 5.78. The number of aromatic nitrogens is 1. The van der Waals surface area contributed by atoms with E-state index in [9.17, 15) is 9.59 Å². The Morgan fingerprint density at radius 1 is 1.04 bits per heavy atom. The fourth-order valence-electron chi connectivity index (χ4n) is 2.64. The predicted octanol–water partition coefficient (Wildman–Crippen LogP) is 3.44. The maximum absolute atomic E-state index is 12.5. The minimum atomic E-state index is -0.384. The number of nitrogens with one attached hydrogen (secondary N) is 2. The number of nitrogens with zero attached hydrogens (tertiary/aromatic N) is 2. The Hall–Kier alpha value is -3.98. The molecule has 6 nitrogen and oxygen atoms in total. The molecule has 0 bridgehead atoms. The maximum Gasteiger partial charge on any atom is 0.270 e. The first-order chi connectivity index (χ1) is 13.6. The summed E-state index contributed by atoms with van der Waals surface area (Å²) in [7, 11) is 0. The number of rotatable bonds is 5. The van der Waals surface area contributed by atoms with Crippen molar-refractivity contribution in [2.45, 2.75) is 13.5 Å². The average molecular weight is 370 g/mol. The normalized spacial score (nSPS) is 10.0. The zero-order chi connectivity index (χ0) is 19.9. The number of hydrogen-bond acceptors (Lipinski definition) is 4. The van der Waals surface area contributed by atoms with E-state index in [1.165, 1.54) is 18.3 Å². The first-order valence-electron chi connectivity index (χ1n) is 8.67. The molecule has 138 valence electrons. The summed E-state index contributed by atoms with van der Waals surface area (Å²) in [6.07, 6.45) is 1.42. The largest absolute Gasteiger partial charge is 0.347 e. The van der Waals surface area contributed by atoms with Crippen LogP contribution in [0.2, 0.25) is 0 Å². The van der Waals surface area contributed by atoms with Gasteiger partial charge in [0.15, 0.2) is 0 Å². The number of benzene rings is 2. The minimum absolute atomic E-state index is 0.159. The quantitative estimate of drug-likeness (QED) is 0.719. The predicted molar refractivity (Wildman–Crippen MR) is 106 cm³/mol. The van der Waals surface area contributed by atoms with Gasteiger partial charge < -0.3 is 10.6 Å². The van der Waals surface area contributed by atoms with Crippen LogP contribution in [0.25, 0.3) is 0 Å². The van der Waals surface area contributed by atoms with Crippen LogP contribution >= 0.6 is 0 Å². The van der Waals surface area contributed by atoms with Crippen molar-refractivity contribution in [2.24, 2.45) is 0 Å². The van der Waals surface area contributed by atoms with Crippen molar-refractivity contribution in [3.05, 3.63) is 94.8 Å². The lowest BCUT2D eigenvalue weighted by atomic mass is 10.1. The Morgan fingerprint density at radius 3 is 2.64 bits per heavy atom. The molecule has 0 fully saturated rings. The summed E-state index contributed by atoms with van der Waals surface area (Å²) in [6, 6.07) is 19.4. The van der Waals surface area contributed by atoms with Gasteiger partial charge in [-0.1, -0.05) is 30.3 Å². The summed E-state index contributed by atoms with van der Waals surface area (Å²) >= 11 is 0. The van der Waals surface area contributed by atoms with Gasteiger partial charge in [-0.25, -0.2) is 0 Å². The van der Waals surface area contributed by atoms with E-state index >= 15 is 0 Å². The molecule has 1 aromatic heterocycles. The molecule has 28 heavy (non-hydrogen) atoms. The van der Waals surface area contributed by atoms with Crippen LogP contribution in [0.1, 0.15) is 37.5 Å². The lowest BCUT2D eigenvalue weighted by molar-refractivity contribution is 0.0946. The molecule has 0 atom stereocenters. The van der Waals surface area contributed by atoms with Gasteiger partial charge in [0.1, 0.15) is 5.69 Å². The third kappa shape index (κ3) is 4.59. The molecule has 0 radical (unpaired) electrons. The highest BCUT2D eigenvalue weighted by Crippen LogP contribution is 2.12. The van der Waals surface area contributed by atoms with Crippen molar-refractivity contribution < 1.29 is 9.59 Å². The number of anilines is 1. The summed E-state index contributed by atoms with van der Waals surface area (Å²) in [5, 5.41) is 14.5. The molecule has 1 heterocycles. The third-order valence-electron chi connectivity index (χ3n) is 4.20. The SMILES string of the molecule is Cc1ccccc1CNC(=O)c1cc(C(=O)Nc2cccc(C#N)c2)ccn1. The van der Waals surface area contributed by atoms with Crippen LogP contribution in [0, 0.1) is 18.3 Å². The molecule has 3 aromatic rings. The van der Waals surface area contributed by atoms with Gasteiger partial charge in [-0.05, 0) is 48.4 Å². The van der Waals surface area contributed by atoms with Crippen LogP contribution < -0.4 is 10.6 Å². The first-order valence-corrected chi connectivity index (χ1v) is 8.67. The Labute approximate surface area is 162 Å². The molecule has 0 spiro atoms. The molecule has 6 heteroatoms. The molecule has 2 amide bonds. The van der Waals surface area contributed by atoms with Crippen LogP contribution in [0.5, 0.6) is 0 Å². The van der Waals surface area contributed by atoms with Crippen molar-refractivity contribution in [1.29, 1.82) is 5.26 Å². The van der Waals surface area contributed by atoms with Crippen molar-refractivity contribution in [2.75, 3.05) is 5.32 Å².